The van der Waals surface area contributed by atoms with Gasteiger partial charge in [-0.15, -0.1) is 0 Å². The molecular weight excluding hydrogens is 225 g/mol. The van der Waals surface area contributed by atoms with E-state index in [9.17, 15) is 18.0 Å². The Morgan fingerprint density at radius 1 is 1.56 bits per heavy atom. The van der Waals surface area contributed by atoms with Crippen molar-refractivity contribution in [2.45, 2.75) is 26.3 Å². The maximum atomic E-state index is 12.5. The first-order valence-corrected chi connectivity index (χ1v) is 4.67. The fraction of sp³-hybridized carbons (Fsp3) is 0.556. The summed E-state index contributed by atoms with van der Waals surface area (Å²) in [6, 6.07) is 0.697. The number of hydrogen-bond acceptors (Lipinski definition) is 3. The summed E-state index contributed by atoms with van der Waals surface area (Å²) in [6.45, 7) is 1.87. The van der Waals surface area contributed by atoms with Gasteiger partial charge in [0, 0.05) is 6.61 Å². The molecule has 1 aromatic rings. The van der Waals surface area contributed by atoms with Gasteiger partial charge in [0.2, 0.25) is 0 Å². The van der Waals surface area contributed by atoms with Crippen LogP contribution in [0.4, 0.5) is 13.2 Å². The lowest BCUT2D eigenvalue weighted by Gasteiger charge is -2.09. The molecule has 0 saturated carbocycles. The van der Waals surface area contributed by atoms with Crippen molar-refractivity contribution in [2.75, 3.05) is 6.61 Å². The summed E-state index contributed by atoms with van der Waals surface area (Å²) in [7, 11) is 0. The van der Waals surface area contributed by atoms with E-state index in [4.69, 9.17) is 4.74 Å². The minimum Gasteiger partial charge on any atom is -0.359 e. The molecular formula is C9H11F3N2O2. The summed E-state index contributed by atoms with van der Waals surface area (Å²) < 4.78 is 43.0. The van der Waals surface area contributed by atoms with E-state index in [1.807, 2.05) is 6.92 Å². The van der Waals surface area contributed by atoms with Crippen molar-refractivity contribution in [2.24, 2.45) is 0 Å². The van der Waals surface area contributed by atoms with E-state index >= 15 is 0 Å². The fourth-order valence-electron chi connectivity index (χ4n) is 1.12. The number of aromatic nitrogens is 2. The molecule has 0 atom stereocenters. The smallest absolute Gasteiger partial charge is 0.359 e. The predicted octanol–water partition coefficient (Wildman–Crippen LogP) is 2.10. The third-order valence-corrected chi connectivity index (χ3v) is 1.77. The molecule has 0 spiro atoms. The van der Waals surface area contributed by atoms with E-state index in [-0.39, 0.29) is 18.7 Å². The maximum absolute atomic E-state index is 12.5. The van der Waals surface area contributed by atoms with Crippen LogP contribution in [0.5, 0.6) is 0 Å². The summed E-state index contributed by atoms with van der Waals surface area (Å²) in [5.74, 6) is 0. The lowest BCUT2D eigenvalue weighted by molar-refractivity contribution is -0.146. The van der Waals surface area contributed by atoms with Crippen LogP contribution < -0.4 is 0 Å². The molecule has 0 aromatic carbocycles. The van der Waals surface area contributed by atoms with Crippen LogP contribution in [-0.2, 0) is 17.6 Å². The van der Waals surface area contributed by atoms with Crippen molar-refractivity contribution in [1.29, 1.82) is 0 Å². The second-order valence-electron chi connectivity index (χ2n) is 3.11. The molecule has 0 aliphatic rings. The van der Waals surface area contributed by atoms with Crippen molar-refractivity contribution in [3.8, 4) is 0 Å². The molecule has 1 rings (SSSR count). The molecule has 0 aliphatic carbocycles. The molecule has 0 bridgehead atoms. The molecule has 0 N–H and O–H groups in total. The van der Waals surface area contributed by atoms with Gasteiger partial charge in [-0.05, 0) is 12.5 Å². The number of rotatable bonds is 5. The van der Waals surface area contributed by atoms with Gasteiger partial charge in [0.15, 0.2) is 6.29 Å². The zero-order valence-corrected chi connectivity index (χ0v) is 8.62. The molecule has 1 heterocycles. The van der Waals surface area contributed by atoms with Crippen LogP contribution in [0.25, 0.3) is 0 Å². The van der Waals surface area contributed by atoms with E-state index < -0.39 is 11.9 Å². The number of nitrogens with zero attached hydrogens (tertiary/aromatic N) is 2. The van der Waals surface area contributed by atoms with Gasteiger partial charge in [0.25, 0.3) is 0 Å². The van der Waals surface area contributed by atoms with Crippen molar-refractivity contribution in [3.05, 3.63) is 17.5 Å². The van der Waals surface area contributed by atoms with Gasteiger partial charge in [0.05, 0.1) is 0 Å². The third kappa shape index (κ3) is 3.06. The van der Waals surface area contributed by atoms with Crippen molar-refractivity contribution < 1.29 is 22.7 Å². The van der Waals surface area contributed by atoms with Gasteiger partial charge in [-0.3, -0.25) is 4.79 Å². The Morgan fingerprint density at radius 2 is 2.25 bits per heavy atom. The Morgan fingerprint density at radius 3 is 2.75 bits per heavy atom. The number of carbonyl (C=O) groups excluding carboxylic acids is 1. The second-order valence-corrected chi connectivity index (χ2v) is 3.11. The number of carbonyl (C=O) groups is 1. The van der Waals surface area contributed by atoms with Crippen LogP contribution >= 0.6 is 0 Å². The van der Waals surface area contributed by atoms with Crippen LogP contribution in [0.1, 0.15) is 29.5 Å². The minimum atomic E-state index is -4.54. The third-order valence-electron chi connectivity index (χ3n) is 1.77. The second kappa shape index (κ2) is 5.11. The van der Waals surface area contributed by atoms with Crippen molar-refractivity contribution in [3.63, 3.8) is 0 Å². The lowest BCUT2D eigenvalue weighted by atomic mass is 10.3. The highest BCUT2D eigenvalue weighted by molar-refractivity contribution is 5.71. The summed E-state index contributed by atoms with van der Waals surface area (Å²) in [4.78, 5) is 10.3. The molecule has 0 unspecified atom stereocenters. The summed E-state index contributed by atoms with van der Waals surface area (Å²) in [5, 5.41) is 3.47. The summed E-state index contributed by atoms with van der Waals surface area (Å²) in [6.07, 6.45) is -3.57. The quantitative estimate of drug-likeness (QED) is 0.580. The van der Waals surface area contributed by atoms with Gasteiger partial charge >= 0.3 is 6.18 Å². The zero-order chi connectivity index (χ0) is 12.2. The molecule has 0 aliphatic heterocycles. The van der Waals surface area contributed by atoms with Crippen molar-refractivity contribution >= 4 is 6.29 Å². The zero-order valence-electron chi connectivity index (χ0n) is 8.62. The number of ether oxygens (including phenoxy) is 1. The van der Waals surface area contributed by atoms with E-state index in [1.54, 1.807) is 0 Å². The van der Waals surface area contributed by atoms with Crippen LogP contribution in [0.3, 0.4) is 0 Å². The monoisotopic (exact) mass is 236 g/mol. The number of halogens is 3. The molecule has 0 saturated heterocycles. The van der Waals surface area contributed by atoms with Gasteiger partial charge in [-0.25, -0.2) is 4.68 Å². The van der Waals surface area contributed by atoms with Gasteiger partial charge < -0.3 is 4.74 Å². The normalized spacial score (nSPS) is 11.8. The molecule has 16 heavy (non-hydrogen) atoms. The molecule has 90 valence electrons. The molecule has 1 aromatic heterocycles. The Balaban J connectivity index is 2.88. The maximum Gasteiger partial charge on any atom is 0.433 e. The number of hydrogen-bond donors (Lipinski definition) is 0. The lowest BCUT2D eigenvalue weighted by Crippen LogP contribution is -2.16. The summed E-state index contributed by atoms with van der Waals surface area (Å²) >= 11 is 0. The average Bonchev–Trinajstić information content (AvgIpc) is 2.61. The first kappa shape index (κ1) is 12.7. The highest BCUT2D eigenvalue weighted by Crippen LogP contribution is 2.29. The van der Waals surface area contributed by atoms with E-state index in [2.05, 4.69) is 5.10 Å². The Labute approximate surface area is 90.0 Å². The van der Waals surface area contributed by atoms with Gasteiger partial charge in [-0.2, -0.15) is 18.3 Å². The Kier molecular flexibility index (Phi) is 4.05. The topological polar surface area (TPSA) is 44.1 Å². The van der Waals surface area contributed by atoms with Crippen LogP contribution in [0.15, 0.2) is 6.07 Å². The summed E-state index contributed by atoms with van der Waals surface area (Å²) in [5.41, 5.74) is -1.24. The minimum absolute atomic E-state index is 0.257. The predicted molar refractivity (Wildman–Crippen MR) is 48.9 cm³/mol. The van der Waals surface area contributed by atoms with Gasteiger partial charge in [0.1, 0.15) is 18.1 Å². The highest BCUT2D eigenvalue weighted by atomic mass is 19.4. The van der Waals surface area contributed by atoms with E-state index in [0.29, 0.717) is 23.8 Å². The molecule has 0 amide bonds. The molecule has 7 heteroatoms. The van der Waals surface area contributed by atoms with Crippen LogP contribution in [-0.4, -0.2) is 22.7 Å². The van der Waals surface area contributed by atoms with E-state index in [0.717, 1.165) is 0 Å². The highest BCUT2D eigenvalue weighted by Gasteiger charge is 2.35. The van der Waals surface area contributed by atoms with Gasteiger partial charge in [-0.1, -0.05) is 6.92 Å². The van der Waals surface area contributed by atoms with Crippen LogP contribution in [0.2, 0.25) is 0 Å². The molecule has 0 radical (unpaired) electrons. The largest absolute Gasteiger partial charge is 0.433 e. The Hall–Kier alpha value is -1.37. The fourth-order valence-corrected chi connectivity index (χ4v) is 1.12. The average molecular weight is 236 g/mol. The molecule has 4 nitrogen and oxygen atoms in total. The van der Waals surface area contributed by atoms with Crippen molar-refractivity contribution in [1.82, 2.24) is 9.78 Å². The van der Waals surface area contributed by atoms with E-state index in [1.165, 1.54) is 0 Å². The van der Waals surface area contributed by atoms with Crippen LogP contribution in [0, 0.1) is 0 Å². The first-order chi connectivity index (χ1) is 7.49. The Bertz CT molecular complexity index is 360. The first-order valence-electron chi connectivity index (χ1n) is 4.67. The molecule has 0 fully saturated rings. The standard InChI is InChI=1S/C9H11F3N2O2/c1-2-3-16-6-14-8(9(10,11)12)4-7(5-15)13-14/h4-5H,2-3,6H2,1H3. The number of aldehydes is 1. The number of alkyl halides is 3. The SMILES string of the molecule is CCCOCn1nc(C=O)cc1C(F)(F)F.